The number of quaternary nitrogens is 1. The minimum Gasteiger partial charge on any atom is -0.481 e. The van der Waals surface area contributed by atoms with Crippen LogP contribution in [0.15, 0.2) is 0 Å². The molecule has 2 atom stereocenters. The second-order valence-corrected chi connectivity index (χ2v) is 3.83. The number of carboxylic acid groups (broad SMARTS) is 1. The van der Waals surface area contributed by atoms with E-state index in [1.165, 1.54) is 19.3 Å². The molecule has 1 saturated carbocycles. The van der Waals surface area contributed by atoms with E-state index in [4.69, 9.17) is 5.11 Å². The van der Waals surface area contributed by atoms with E-state index in [2.05, 4.69) is 5.73 Å². The number of rotatable bonds is 3. The normalized spacial score (nSPS) is 30.1. The van der Waals surface area contributed by atoms with Gasteiger partial charge in [-0.2, -0.15) is 0 Å². The molecule has 1 fully saturated rings. The SMILES string of the molecule is [NH3+]C1CCCC(CCC(=O)O)C1. The van der Waals surface area contributed by atoms with Gasteiger partial charge < -0.3 is 10.8 Å². The summed E-state index contributed by atoms with van der Waals surface area (Å²) < 4.78 is 0. The molecule has 0 spiro atoms. The Labute approximate surface area is 72.9 Å². The van der Waals surface area contributed by atoms with Crippen LogP contribution < -0.4 is 5.73 Å². The summed E-state index contributed by atoms with van der Waals surface area (Å²) in [5.41, 5.74) is 4.03. The van der Waals surface area contributed by atoms with Crippen LogP contribution in [-0.2, 0) is 4.79 Å². The van der Waals surface area contributed by atoms with Crippen LogP contribution in [-0.4, -0.2) is 17.1 Å². The molecule has 0 aromatic carbocycles. The maximum Gasteiger partial charge on any atom is 0.303 e. The second-order valence-electron chi connectivity index (χ2n) is 3.83. The molecule has 3 heteroatoms. The molecule has 0 bridgehead atoms. The van der Waals surface area contributed by atoms with Crippen molar-refractivity contribution in [1.29, 1.82) is 0 Å². The monoisotopic (exact) mass is 172 g/mol. The van der Waals surface area contributed by atoms with Crippen molar-refractivity contribution < 1.29 is 15.6 Å². The molecule has 0 aliphatic heterocycles. The molecule has 0 aromatic rings. The first kappa shape index (κ1) is 9.52. The van der Waals surface area contributed by atoms with Crippen LogP contribution in [0.4, 0.5) is 0 Å². The van der Waals surface area contributed by atoms with E-state index in [9.17, 15) is 4.79 Å². The fourth-order valence-corrected chi connectivity index (χ4v) is 1.99. The summed E-state index contributed by atoms with van der Waals surface area (Å²) in [6.45, 7) is 0. The van der Waals surface area contributed by atoms with E-state index < -0.39 is 5.97 Å². The van der Waals surface area contributed by atoms with Crippen molar-refractivity contribution in [2.45, 2.75) is 44.6 Å². The van der Waals surface area contributed by atoms with Crippen molar-refractivity contribution >= 4 is 5.97 Å². The third-order valence-corrected chi connectivity index (χ3v) is 2.66. The molecule has 1 rings (SSSR count). The highest BCUT2D eigenvalue weighted by Gasteiger charge is 2.21. The summed E-state index contributed by atoms with van der Waals surface area (Å²) in [7, 11) is 0. The summed E-state index contributed by atoms with van der Waals surface area (Å²) in [6, 6.07) is 0.567. The van der Waals surface area contributed by atoms with Crippen LogP contribution >= 0.6 is 0 Å². The van der Waals surface area contributed by atoms with Crippen molar-refractivity contribution in [1.82, 2.24) is 0 Å². The number of aliphatic carboxylic acids is 1. The summed E-state index contributed by atoms with van der Waals surface area (Å²) in [4.78, 5) is 10.3. The van der Waals surface area contributed by atoms with Gasteiger partial charge in [0.2, 0.25) is 0 Å². The summed E-state index contributed by atoms with van der Waals surface area (Å²) in [6.07, 6.45) is 5.98. The maximum absolute atomic E-state index is 10.3. The number of hydrogen-bond donors (Lipinski definition) is 2. The Kier molecular flexibility index (Phi) is 3.53. The lowest BCUT2D eigenvalue weighted by Crippen LogP contribution is -2.62. The molecule has 0 heterocycles. The first-order chi connectivity index (χ1) is 5.68. The van der Waals surface area contributed by atoms with E-state index in [0.29, 0.717) is 18.4 Å². The topological polar surface area (TPSA) is 64.9 Å². The zero-order valence-electron chi connectivity index (χ0n) is 7.46. The lowest BCUT2D eigenvalue weighted by atomic mass is 9.83. The van der Waals surface area contributed by atoms with E-state index in [1.54, 1.807) is 0 Å². The van der Waals surface area contributed by atoms with Crippen LogP contribution in [0.2, 0.25) is 0 Å². The molecular formula is C9H18NO2+. The lowest BCUT2D eigenvalue weighted by Gasteiger charge is -2.23. The van der Waals surface area contributed by atoms with Crippen LogP contribution in [0, 0.1) is 5.92 Å². The Hall–Kier alpha value is -0.570. The first-order valence-corrected chi connectivity index (χ1v) is 4.73. The van der Waals surface area contributed by atoms with E-state index >= 15 is 0 Å². The molecule has 12 heavy (non-hydrogen) atoms. The van der Waals surface area contributed by atoms with Gasteiger partial charge in [0.25, 0.3) is 0 Å². The fraction of sp³-hybridized carbons (Fsp3) is 0.889. The molecular weight excluding hydrogens is 154 g/mol. The van der Waals surface area contributed by atoms with E-state index in [1.807, 2.05) is 0 Å². The van der Waals surface area contributed by atoms with Crippen LogP contribution in [0.5, 0.6) is 0 Å². The van der Waals surface area contributed by atoms with Crippen molar-refractivity contribution in [2.75, 3.05) is 0 Å². The first-order valence-electron chi connectivity index (χ1n) is 4.73. The van der Waals surface area contributed by atoms with Gasteiger partial charge in [-0.05, 0) is 31.6 Å². The smallest absolute Gasteiger partial charge is 0.303 e. The molecule has 2 unspecified atom stereocenters. The summed E-state index contributed by atoms with van der Waals surface area (Å²) >= 11 is 0. The van der Waals surface area contributed by atoms with Gasteiger partial charge in [-0.3, -0.25) is 4.79 Å². The average Bonchev–Trinajstić information content (AvgIpc) is 2.01. The van der Waals surface area contributed by atoms with Gasteiger partial charge in [0.1, 0.15) is 0 Å². The molecule has 1 aliphatic rings. The van der Waals surface area contributed by atoms with Crippen LogP contribution in [0.25, 0.3) is 0 Å². The quantitative estimate of drug-likeness (QED) is 0.656. The molecule has 0 radical (unpaired) electrons. The summed E-state index contributed by atoms with van der Waals surface area (Å²) in [5, 5.41) is 8.49. The molecule has 4 N–H and O–H groups in total. The molecule has 3 nitrogen and oxygen atoms in total. The molecule has 1 aliphatic carbocycles. The van der Waals surface area contributed by atoms with Crippen molar-refractivity contribution in [3.63, 3.8) is 0 Å². The molecule has 0 amide bonds. The molecule has 0 saturated heterocycles. The minimum atomic E-state index is -0.666. The Morgan fingerprint density at radius 2 is 2.25 bits per heavy atom. The van der Waals surface area contributed by atoms with Gasteiger partial charge in [0.15, 0.2) is 0 Å². The Balaban J connectivity index is 2.18. The predicted molar refractivity (Wildman–Crippen MR) is 45.5 cm³/mol. The maximum atomic E-state index is 10.3. The third kappa shape index (κ3) is 3.22. The Morgan fingerprint density at radius 1 is 1.50 bits per heavy atom. The van der Waals surface area contributed by atoms with E-state index in [-0.39, 0.29) is 0 Å². The average molecular weight is 172 g/mol. The zero-order valence-corrected chi connectivity index (χ0v) is 7.46. The van der Waals surface area contributed by atoms with Gasteiger partial charge in [0.05, 0.1) is 6.04 Å². The van der Waals surface area contributed by atoms with Gasteiger partial charge in [-0.15, -0.1) is 0 Å². The van der Waals surface area contributed by atoms with Gasteiger partial charge >= 0.3 is 5.97 Å². The fourth-order valence-electron chi connectivity index (χ4n) is 1.99. The summed E-state index contributed by atoms with van der Waals surface area (Å²) in [5.74, 6) is -0.0430. The van der Waals surface area contributed by atoms with Crippen molar-refractivity contribution in [3.8, 4) is 0 Å². The third-order valence-electron chi connectivity index (χ3n) is 2.66. The highest BCUT2D eigenvalue weighted by Crippen LogP contribution is 2.25. The number of carbonyl (C=O) groups is 1. The van der Waals surface area contributed by atoms with Gasteiger partial charge in [-0.25, -0.2) is 0 Å². The minimum absolute atomic E-state index is 0.331. The highest BCUT2D eigenvalue weighted by molar-refractivity contribution is 5.66. The highest BCUT2D eigenvalue weighted by atomic mass is 16.4. The van der Waals surface area contributed by atoms with Crippen LogP contribution in [0.1, 0.15) is 38.5 Å². The zero-order chi connectivity index (χ0) is 8.97. The number of carboxylic acids is 1. The Bertz CT molecular complexity index is 159. The largest absolute Gasteiger partial charge is 0.481 e. The second kappa shape index (κ2) is 4.45. The van der Waals surface area contributed by atoms with Gasteiger partial charge in [0, 0.05) is 12.8 Å². The Morgan fingerprint density at radius 3 is 2.83 bits per heavy atom. The molecule has 70 valence electrons. The lowest BCUT2D eigenvalue weighted by molar-refractivity contribution is -0.428. The molecule has 0 aromatic heterocycles. The van der Waals surface area contributed by atoms with Crippen LogP contribution in [0.3, 0.4) is 0 Å². The van der Waals surface area contributed by atoms with Gasteiger partial charge in [-0.1, -0.05) is 0 Å². The van der Waals surface area contributed by atoms with E-state index in [0.717, 1.165) is 12.8 Å². The standard InChI is InChI=1S/C9H17NO2/c10-8-3-1-2-7(6-8)4-5-9(11)12/h7-8H,1-6,10H2,(H,11,12)/p+1. The van der Waals surface area contributed by atoms with Crippen molar-refractivity contribution in [2.24, 2.45) is 5.92 Å². The predicted octanol–water partition coefficient (Wildman–Crippen LogP) is 0.652. The number of hydrogen-bond acceptors (Lipinski definition) is 1. The van der Waals surface area contributed by atoms with Crippen molar-refractivity contribution in [3.05, 3.63) is 0 Å².